The summed E-state index contributed by atoms with van der Waals surface area (Å²) in [5, 5.41) is 3.43. The summed E-state index contributed by atoms with van der Waals surface area (Å²) in [5.74, 6) is 2.70. The van der Waals surface area contributed by atoms with Gasteiger partial charge in [0.2, 0.25) is 5.95 Å². The second-order valence-electron chi connectivity index (χ2n) is 5.75. The standard InChI is InChI=1S/C22H16ClN3O/c1-3-16(21(23)27)14-13-15(2)24-22-25-19-12-8-7-11-18(19)20(26-22)17-9-5-4-6-10-17/h1,4-14H,2H3,(H,24,25,26)/b15-13+,16-14+. The molecule has 0 radical (unpaired) electrons. The molecule has 0 fully saturated rings. The number of benzene rings is 2. The van der Waals surface area contributed by atoms with Gasteiger partial charge >= 0.3 is 0 Å². The SMILES string of the molecule is C#C/C(=C\C=C(/C)Nc1nc(-c2ccccc2)c2ccccc2n1)C(=O)Cl. The fourth-order valence-electron chi connectivity index (χ4n) is 2.55. The molecule has 0 unspecified atom stereocenters. The van der Waals surface area contributed by atoms with Crippen LogP contribution in [-0.4, -0.2) is 15.2 Å². The van der Waals surface area contributed by atoms with E-state index in [0.717, 1.165) is 27.9 Å². The lowest BCUT2D eigenvalue weighted by atomic mass is 10.1. The maximum atomic E-state index is 11.2. The highest BCUT2D eigenvalue weighted by Gasteiger charge is 2.09. The third kappa shape index (κ3) is 4.41. The number of aromatic nitrogens is 2. The largest absolute Gasteiger partial charge is 0.328 e. The highest BCUT2D eigenvalue weighted by atomic mass is 35.5. The fraction of sp³-hybridized carbons (Fsp3) is 0.0455. The molecule has 3 aromatic rings. The molecule has 4 nitrogen and oxygen atoms in total. The lowest BCUT2D eigenvalue weighted by Crippen LogP contribution is -2.03. The predicted octanol–water partition coefficient (Wildman–Crippen LogP) is 4.94. The number of halogens is 1. The number of carbonyl (C=O) groups excluding carboxylic acids is 1. The second-order valence-corrected chi connectivity index (χ2v) is 6.10. The third-order valence-corrected chi connectivity index (χ3v) is 4.03. The predicted molar refractivity (Wildman–Crippen MR) is 110 cm³/mol. The zero-order valence-corrected chi connectivity index (χ0v) is 15.4. The van der Waals surface area contributed by atoms with Crippen molar-refractivity contribution in [3.05, 3.63) is 78.0 Å². The van der Waals surface area contributed by atoms with Gasteiger partial charge in [0.25, 0.3) is 5.24 Å². The van der Waals surface area contributed by atoms with E-state index in [9.17, 15) is 4.79 Å². The Hall–Kier alpha value is -3.42. The number of para-hydroxylation sites is 1. The minimum Gasteiger partial charge on any atom is -0.328 e. The number of terminal acetylenes is 1. The number of hydrogen-bond acceptors (Lipinski definition) is 4. The van der Waals surface area contributed by atoms with Gasteiger partial charge in [-0.1, -0.05) is 54.5 Å². The summed E-state index contributed by atoms with van der Waals surface area (Å²) in [6, 6.07) is 17.8. The first-order valence-corrected chi connectivity index (χ1v) is 8.60. The summed E-state index contributed by atoms with van der Waals surface area (Å²) in [5.41, 5.74) is 3.48. The molecule has 0 saturated heterocycles. The van der Waals surface area contributed by atoms with E-state index in [1.165, 1.54) is 6.08 Å². The van der Waals surface area contributed by atoms with E-state index >= 15 is 0 Å². The van der Waals surface area contributed by atoms with Gasteiger partial charge in [-0.2, -0.15) is 0 Å². The van der Waals surface area contributed by atoms with Crippen molar-refractivity contribution < 1.29 is 4.79 Å². The maximum absolute atomic E-state index is 11.2. The molecule has 1 aromatic heterocycles. The summed E-state index contributed by atoms with van der Waals surface area (Å²) in [6.45, 7) is 1.82. The van der Waals surface area contributed by atoms with Gasteiger partial charge in [0, 0.05) is 16.6 Å². The highest BCUT2D eigenvalue weighted by molar-refractivity contribution is 6.68. The van der Waals surface area contributed by atoms with Gasteiger partial charge in [-0.25, -0.2) is 9.97 Å². The Bertz CT molecular complexity index is 1100. The van der Waals surface area contributed by atoms with Gasteiger partial charge in [-0.05, 0) is 36.7 Å². The van der Waals surface area contributed by atoms with E-state index in [0.29, 0.717) is 5.95 Å². The van der Waals surface area contributed by atoms with E-state index in [1.807, 2.05) is 61.5 Å². The van der Waals surface area contributed by atoms with E-state index in [1.54, 1.807) is 6.08 Å². The molecule has 0 bridgehead atoms. The normalized spacial score (nSPS) is 11.9. The van der Waals surface area contributed by atoms with E-state index in [2.05, 4.69) is 21.2 Å². The number of allylic oxidation sites excluding steroid dienone is 4. The summed E-state index contributed by atoms with van der Waals surface area (Å²) in [4.78, 5) is 20.4. The van der Waals surface area contributed by atoms with Crippen molar-refractivity contribution in [2.75, 3.05) is 5.32 Å². The van der Waals surface area contributed by atoms with Crippen LogP contribution in [0.25, 0.3) is 22.2 Å². The van der Waals surface area contributed by atoms with E-state index < -0.39 is 5.24 Å². The quantitative estimate of drug-likeness (QED) is 0.298. The summed E-state index contributed by atoms with van der Waals surface area (Å²) in [7, 11) is 0. The van der Waals surface area contributed by atoms with Crippen LogP contribution < -0.4 is 5.32 Å². The molecule has 0 saturated carbocycles. The van der Waals surface area contributed by atoms with Crippen molar-refractivity contribution in [2.45, 2.75) is 6.92 Å². The van der Waals surface area contributed by atoms with Crippen LogP contribution in [0.2, 0.25) is 0 Å². The van der Waals surface area contributed by atoms with Crippen LogP contribution in [0.3, 0.4) is 0 Å². The molecule has 1 N–H and O–H groups in total. The highest BCUT2D eigenvalue weighted by Crippen LogP contribution is 2.27. The molecule has 27 heavy (non-hydrogen) atoms. The number of nitrogens with one attached hydrogen (secondary N) is 1. The number of anilines is 1. The van der Waals surface area contributed by atoms with Crippen LogP contribution in [-0.2, 0) is 4.79 Å². The molecular formula is C22H16ClN3O. The number of rotatable bonds is 5. The molecule has 5 heteroatoms. The minimum atomic E-state index is -0.671. The van der Waals surface area contributed by atoms with Crippen molar-refractivity contribution in [1.29, 1.82) is 0 Å². The molecule has 0 amide bonds. The summed E-state index contributed by atoms with van der Waals surface area (Å²) < 4.78 is 0. The molecular weight excluding hydrogens is 358 g/mol. The average molecular weight is 374 g/mol. The number of fused-ring (bicyclic) bond motifs is 1. The minimum absolute atomic E-state index is 0.0854. The molecule has 3 rings (SSSR count). The number of nitrogens with zero attached hydrogens (tertiary/aromatic N) is 2. The Morgan fingerprint density at radius 2 is 1.78 bits per heavy atom. The summed E-state index contributed by atoms with van der Waals surface area (Å²) in [6.07, 6.45) is 8.41. The monoisotopic (exact) mass is 373 g/mol. The molecule has 0 aliphatic carbocycles. The Balaban J connectivity index is 2.01. The van der Waals surface area contributed by atoms with Crippen molar-refractivity contribution in [1.82, 2.24) is 9.97 Å². The smallest absolute Gasteiger partial charge is 0.260 e. The lowest BCUT2D eigenvalue weighted by molar-refractivity contribution is -0.108. The van der Waals surface area contributed by atoms with Crippen LogP contribution in [0, 0.1) is 12.3 Å². The molecule has 2 aromatic carbocycles. The zero-order valence-electron chi connectivity index (χ0n) is 14.6. The molecule has 0 atom stereocenters. The topological polar surface area (TPSA) is 54.9 Å². The zero-order chi connectivity index (χ0) is 19.2. The Kier molecular flexibility index (Phi) is 5.65. The number of carbonyl (C=O) groups is 1. The fourth-order valence-corrected chi connectivity index (χ4v) is 2.66. The van der Waals surface area contributed by atoms with E-state index in [4.69, 9.17) is 18.0 Å². The summed E-state index contributed by atoms with van der Waals surface area (Å²) >= 11 is 5.42. The van der Waals surface area contributed by atoms with Gasteiger partial charge in [0.1, 0.15) is 0 Å². The van der Waals surface area contributed by atoms with Crippen LogP contribution in [0.5, 0.6) is 0 Å². The van der Waals surface area contributed by atoms with Crippen LogP contribution >= 0.6 is 11.6 Å². The Labute approximate surface area is 162 Å². The first kappa shape index (κ1) is 18.4. The average Bonchev–Trinajstić information content (AvgIpc) is 2.68. The van der Waals surface area contributed by atoms with Crippen LogP contribution in [0.4, 0.5) is 5.95 Å². The van der Waals surface area contributed by atoms with Gasteiger partial charge in [0.05, 0.1) is 16.8 Å². The Morgan fingerprint density at radius 1 is 1.07 bits per heavy atom. The maximum Gasteiger partial charge on any atom is 0.260 e. The molecule has 132 valence electrons. The van der Waals surface area contributed by atoms with E-state index in [-0.39, 0.29) is 5.57 Å². The molecule has 1 heterocycles. The molecule has 0 aliphatic rings. The number of hydrogen-bond donors (Lipinski definition) is 1. The molecule has 0 spiro atoms. The molecule has 0 aliphatic heterocycles. The van der Waals surface area contributed by atoms with Crippen molar-refractivity contribution in [3.63, 3.8) is 0 Å². The van der Waals surface area contributed by atoms with Crippen LogP contribution in [0.15, 0.2) is 78.0 Å². The van der Waals surface area contributed by atoms with Gasteiger partial charge < -0.3 is 5.32 Å². The van der Waals surface area contributed by atoms with Gasteiger partial charge in [0.15, 0.2) is 0 Å². The van der Waals surface area contributed by atoms with Crippen molar-refractivity contribution in [3.8, 4) is 23.6 Å². The third-order valence-electron chi connectivity index (χ3n) is 3.83. The lowest BCUT2D eigenvalue weighted by Gasteiger charge is -2.10. The first-order valence-electron chi connectivity index (χ1n) is 8.22. The Morgan fingerprint density at radius 3 is 2.48 bits per heavy atom. The van der Waals surface area contributed by atoms with Crippen LogP contribution in [0.1, 0.15) is 6.92 Å². The van der Waals surface area contributed by atoms with Crippen molar-refractivity contribution >= 4 is 33.7 Å². The second kappa shape index (κ2) is 8.31. The first-order chi connectivity index (χ1) is 13.1. The van der Waals surface area contributed by atoms with Crippen molar-refractivity contribution in [2.24, 2.45) is 0 Å². The van der Waals surface area contributed by atoms with Gasteiger partial charge in [-0.15, -0.1) is 6.42 Å². The van der Waals surface area contributed by atoms with Gasteiger partial charge in [-0.3, -0.25) is 4.79 Å².